The number of carbonyl (C=O) groups excluding carboxylic acids is 2. The van der Waals surface area contributed by atoms with Crippen molar-refractivity contribution < 1.29 is 37.4 Å². The number of anilines is 1. The molecule has 0 bridgehead atoms. The highest BCUT2D eigenvalue weighted by Crippen LogP contribution is 2.34. The van der Waals surface area contributed by atoms with Crippen molar-refractivity contribution in [2.75, 3.05) is 17.2 Å². The normalized spacial score (nSPS) is 14.6. The minimum Gasteiger partial charge on any atom is -0.465 e. The van der Waals surface area contributed by atoms with E-state index < -0.39 is 24.7 Å². The van der Waals surface area contributed by atoms with Crippen LogP contribution in [0.4, 0.5) is 28.4 Å². The van der Waals surface area contributed by atoms with Gasteiger partial charge in [0.25, 0.3) is 0 Å². The summed E-state index contributed by atoms with van der Waals surface area (Å²) in [6.45, 7) is 7.74. The van der Waals surface area contributed by atoms with Crippen LogP contribution in [-0.2, 0) is 11.2 Å². The van der Waals surface area contributed by atoms with Crippen LogP contribution in [-0.4, -0.2) is 72.8 Å². The van der Waals surface area contributed by atoms with E-state index in [0.29, 0.717) is 29.2 Å². The summed E-state index contributed by atoms with van der Waals surface area (Å²) in [5.41, 5.74) is 4.58. The molecule has 0 spiro atoms. The van der Waals surface area contributed by atoms with Crippen LogP contribution in [0.15, 0.2) is 78.0 Å². The van der Waals surface area contributed by atoms with E-state index in [0.717, 1.165) is 33.4 Å². The Kier molecular flexibility index (Phi) is 11.3. The Hall–Kier alpha value is -5.38. The SMILES string of the molecule is CCN(C(=O)O)C(CCc1ccc(-c2ncn(-c3ccc(OC(F)(F)F)cc3)n2)cc1)NC(=O)N=C1SCC(=O)N1c1cc(C)ccc1C(C)C. The second-order valence-electron chi connectivity index (χ2n) is 12.0. The molecule has 51 heavy (non-hydrogen) atoms. The summed E-state index contributed by atoms with van der Waals surface area (Å²) in [4.78, 5) is 49.5. The number of ether oxygens (including phenoxy) is 1. The Morgan fingerprint density at radius 1 is 1.10 bits per heavy atom. The van der Waals surface area contributed by atoms with Crippen molar-refractivity contribution in [1.29, 1.82) is 0 Å². The third-order valence-corrected chi connectivity index (χ3v) is 8.93. The smallest absolute Gasteiger partial charge is 0.465 e. The van der Waals surface area contributed by atoms with E-state index in [1.54, 1.807) is 19.1 Å². The van der Waals surface area contributed by atoms with Gasteiger partial charge in [0, 0.05) is 12.1 Å². The van der Waals surface area contributed by atoms with Crippen LogP contribution in [0.2, 0.25) is 0 Å². The highest BCUT2D eigenvalue weighted by atomic mass is 32.2. The van der Waals surface area contributed by atoms with Gasteiger partial charge in [0.1, 0.15) is 18.2 Å². The molecule has 3 aromatic carbocycles. The van der Waals surface area contributed by atoms with Gasteiger partial charge >= 0.3 is 18.5 Å². The van der Waals surface area contributed by atoms with Crippen molar-refractivity contribution in [2.45, 2.75) is 59.0 Å². The number of aliphatic imine (C=N–C) groups is 1. The monoisotopic (exact) mass is 723 g/mol. The fraction of sp³-hybridized carbons (Fsp3) is 0.314. The number of amidine groups is 1. The topological polar surface area (TPSA) is 142 Å². The number of thioether (sulfide) groups is 1. The number of alkyl halides is 3. The summed E-state index contributed by atoms with van der Waals surface area (Å²) in [6, 6.07) is 17.5. The quantitative estimate of drug-likeness (QED) is 0.153. The van der Waals surface area contributed by atoms with Gasteiger partial charge in [-0.2, -0.15) is 4.99 Å². The summed E-state index contributed by atoms with van der Waals surface area (Å²) in [5, 5.41) is 17.3. The number of nitrogens with zero attached hydrogens (tertiary/aromatic N) is 6. The van der Waals surface area contributed by atoms with E-state index in [4.69, 9.17) is 0 Å². The number of halogens is 3. The molecule has 1 atom stereocenters. The molecular weight excluding hydrogens is 687 g/mol. The number of rotatable bonds is 11. The average Bonchev–Trinajstić information content (AvgIpc) is 3.70. The summed E-state index contributed by atoms with van der Waals surface area (Å²) < 4.78 is 42.8. The number of hydrogen-bond acceptors (Lipinski definition) is 7. The maximum absolute atomic E-state index is 13.3. The van der Waals surface area contributed by atoms with Gasteiger partial charge < -0.3 is 15.2 Å². The number of aryl methyl sites for hydroxylation is 2. The molecule has 1 aliphatic rings. The van der Waals surface area contributed by atoms with Crippen molar-refractivity contribution in [3.8, 4) is 22.8 Å². The minimum atomic E-state index is -4.79. The lowest BCUT2D eigenvalue weighted by molar-refractivity contribution is -0.274. The van der Waals surface area contributed by atoms with Gasteiger partial charge in [0.15, 0.2) is 11.0 Å². The van der Waals surface area contributed by atoms with Crippen molar-refractivity contribution in [1.82, 2.24) is 25.0 Å². The maximum atomic E-state index is 13.3. The molecule has 12 nitrogen and oxygen atoms in total. The molecule has 2 heterocycles. The first-order chi connectivity index (χ1) is 24.2. The Labute approximate surface area is 296 Å². The molecule has 1 aromatic heterocycles. The highest BCUT2D eigenvalue weighted by molar-refractivity contribution is 8.15. The van der Waals surface area contributed by atoms with E-state index in [1.807, 2.05) is 51.1 Å². The molecule has 16 heteroatoms. The predicted octanol–water partition coefficient (Wildman–Crippen LogP) is 7.37. The molecule has 4 aromatic rings. The van der Waals surface area contributed by atoms with Crippen molar-refractivity contribution >= 4 is 40.6 Å². The van der Waals surface area contributed by atoms with Crippen LogP contribution in [0, 0.1) is 6.92 Å². The largest absolute Gasteiger partial charge is 0.573 e. The van der Waals surface area contributed by atoms with Crippen LogP contribution in [0.25, 0.3) is 17.1 Å². The van der Waals surface area contributed by atoms with Crippen molar-refractivity contribution in [3.63, 3.8) is 0 Å². The molecular formula is C35H36F3N7O5S. The molecule has 1 saturated heterocycles. The first kappa shape index (κ1) is 36.9. The Bertz CT molecular complexity index is 1910. The number of amides is 4. The third-order valence-electron chi connectivity index (χ3n) is 8.01. The molecule has 1 aliphatic heterocycles. The fourth-order valence-corrected chi connectivity index (χ4v) is 6.38. The molecule has 268 valence electrons. The Morgan fingerprint density at radius 2 is 1.80 bits per heavy atom. The molecule has 1 unspecified atom stereocenters. The van der Waals surface area contributed by atoms with Gasteiger partial charge in [-0.05, 0) is 79.6 Å². The Morgan fingerprint density at radius 3 is 2.43 bits per heavy atom. The molecule has 1 fully saturated rings. The first-order valence-electron chi connectivity index (χ1n) is 16.0. The van der Waals surface area contributed by atoms with Crippen LogP contribution in [0.5, 0.6) is 5.75 Å². The van der Waals surface area contributed by atoms with E-state index >= 15 is 0 Å². The lowest BCUT2D eigenvalue weighted by Crippen LogP contribution is -2.50. The van der Waals surface area contributed by atoms with Crippen LogP contribution >= 0.6 is 11.8 Å². The van der Waals surface area contributed by atoms with Crippen LogP contribution < -0.4 is 15.0 Å². The number of aromatic nitrogens is 3. The molecule has 0 aliphatic carbocycles. The second kappa shape index (κ2) is 15.7. The summed E-state index contributed by atoms with van der Waals surface area (Å²) in [6.07, 6.45) is -4.82. The summed E-state index contributed by atoms with van der Waals surface area (Å²) in [7, 11) is 0. The van der Waals surface area contributed by atoms with Crippen LogP contribution in [0.1, 0.15) is 49.8 Å². The lowest BCUT2D eigenvalue weighted by Gasteiger charge is -2.28. The molecule has 4 amide bonds. The predicted molar refractivity (Wildman–Crippen MR) is 187 cm³/mol. The summed E-state index contributed by atoms with van der Waals surface area (Å²) in [5.74, 6) is 0.0721. The number of carbonyl (C=O) groups is 3. The molecule has 0 radical (unpaired) electrons. The van der Waals surface area contributed by atoms with E-state index in [2.05, 4.69) is 25.1 Å². The van der Waals surface area contributed by atoms with Gasteiger partial charge in [-0.25, -0.2) is 19.3 Å². The van der Waals surface area contributed by atoms with E-state index in [1.165, 1.54) is 40.2 Å². The van der Waals surface area contributed by atoms with Crippen LogP contribution in [0.3, 0.4) is 0 Å². The van der Waals surface area contributed by atoms with E-state index in [-0.39, 0.29) is 41.5 Å². The number of benzene rings is 3. The molecule has 5 rings (SSSR count). The number of hydrogen-bond donors (Lipinski definition) is 2. The van der Waals surface area contributed by atoms with Gasteiger partial charge in [-0.15, -0.1) is 18.3 Å². The molecule has 2 N–H and O–H groups in total. The molecule has 0 saturated carbocycles. The fourth-order valence-electron chi connectivity index (χ4n) is 5.52. The Balaban J connectivity index is 1.27. The average molecular weight is 724 g/mol. The van der Waals surface area contributed by atoms with Gasteiger partial charge in [-0.3, -0.25) is 14.6 Å². The van der Waals surface area contributed by atoms with Crippen molar-refractivity contribution in [2.24, 2.45) is 4.99 Å². The van der Waals surface area contributed by atoms with Crippen molar-refractivity contribution in [3.05, 3.63) is 89.7 Å². The number of nitrogens with one attached hydrogen (secondary N) is 1. The first-order valence-corrected chi connectivity index (χ1v) is 17.0. The third kappa shape index (κ3) is 9.25. The zero-order valence-corrected chi connectivity index (χ0v) is 29.0. The van der Waals surface area contributed by atoms with Gasteiger partial charge in [-0.1, -0.05) is 62.0 Å². The second-order valence-corrected chi connectivity index (χ2v) is 12.9. The summed E-state index contributed by atoms with van der Waals surface area (Å²) >= 11 is 1.15. The van der Waals surface area contributed by atoms with Gasteiger partial charge in [0.05, 0.1) is 17.1 Å². The van der Waals surface area contributed by atoms with E-state index in [9.17, 15) is 32.7 Å². The standard InChI is InChI=1S/C35H36F3N7O5S/c1-5-43(34(48)49)29(40-32(47)41-33-45(30(46)19-51-33)28-18-22(4)6-16-27(28)21(2)3)17-9-23-7-10-24(11-8-23)31-39-20-44(42-31)25-12-14-26(15-13-25)50-35(36,37)38/h6-8,10-16,18,20-21,29H,5,9,17,19H2,1-4H3,(H,40,47)(H,48,49). The van der Waals surface area contributed by atoms with Gasteiger partial charge in [0.2, 0.25) is 5.91 Å². The minimum absolute atomic E-state index is 0.114. The zero-order valence-electron chi connectivity index (χ0n) is 28.2. The highest BCUT2D eigenvalue weighted by Gasteiger charge is 2.33. The maximum Gasteiger partial charge on any atom is 0.573 e. The number of urea groups is 1. The number of carboxylic acid groups (broad SMARTS) is 1. The lowest BCUT2D eigenvalue weighted by atomic mass is 9.99. The zero-order chi connectivity index (χ0) is 36.9.